The van der Waals surface area contributed by atoms with Gasteiger partial charge in [-0.3, -0.25) is 4.79 Å². The summed E-state index contributed by atoms with van der Waals surface area (Å²) in [6.07, 6.45) is 4.10. The van der Waals surface area contributed by atoms with Crippen LogP contribution in [0.2, 0.25) is 0 Å². The van der Waals surface area contributed by atoms with Crippen LogP contribution in [0.15, 0.2) is 24.3 Å². The maximum absolute atomic E-state index is 12.1. The van der Waals surface area contributed by atoms with Gasteiger partial charge in [-0.2, -0.15) is 0 Å². The van der Waals surface area contributed by atoms with E-state index in [2.05, 4.69) is 0 Å². The van der Waals surface area contributed by atoms with Crippen molar-refractivity contribution in [2.75, 3.05) is 13.1 Å². The summed E-state index contributed by atoms with van der Waals surface area (Å²) in [5.74, 6) is -0.0671. The summed E-state index contributed by atoms with van der Waals surface area (Å²) in [5, 5.41) is 9.06. The number of nitrogens with zero attached hydrogens (tertiary/aromatic N) is 1. The molecule has 0 bridgehead atoms. The smallest absolute Gasteiger partial charge is 0.335 e. The topological polar surface area (TPSA) is 57.6 Å². The lowest BCUT2D eigenvalue weighted by atomic mass is 9.89. The van der Waals surface area contributed by atoms with Crippen LogP contribution in [0.3, 0.4) is 0 Å². The Morgan fingerprint density at radius 1 is 1.18 bits per heavy atom. The van der Waals surface area contributed by atoms with Crippen LogP contribution in [0.25, 0.3) is 0 Å². The van der Waals surface area contributed by atoms with E-state index in [9.17, 15) is 9.59 Å². The van der Waals surface area contributed by atoms with Gasteiger partial charge in [-0.05, 0) is 43.4 Å². The Bertz CT molecular complexity index is 537. The number of amides is 1. The zero-order chi connectivity index (χ0) is 16.1. The number of rotatable bonds is 3. The summed E-state index contributed by atoms with van der Waals surface area (Å²) in [6.45, 7) is 5.59. The van der Waals surface area contributed by atoms with Crippen molar-refractivity contribution in [3.05, 3.63) is 35.4 Å². The molecule has 0 spiro atoms. The van der Waals surface area contributed by atoms with Crippen molar-refractivity contribution >= 4 is 11.9 Å². The fourth-order valence-corrected chi connectivity index (χ4v) is 2.96. The van der Waals surface area contributed by atoms with Crippen LogP contribution < -0.4 is 0 Å². The number of piperidine rings is 1. The molecule has 4 heteroatoms. The lowest BCUT2D eigenvalue weighted by molar-refractivity contribution is -0.133. The van der Waals surface area contributed by atoms with Crippen molar-refractivity contribution in [2.24, 2.45) is 5.92 Å². The maximum Gasteiger partial charge on any atom is 0.335 e. The zero-order valence-corrected chi connectivity index (χ0v) is 13.4. The standard InChI is InChI=1S/C16H19NO3.C2H6/c18-15(11-6-7-11)17-8-2-5-14(10-17)12-3-1-4-13(9-12)16(19)20;1-2/h1,3-4,9,11,14H,2,5-8,10H2,(H,19,20);1-2H3. The van der Waals surface area contributed by atoms with Crippen LogP contribution in [0.1, 0.15) is 61.4 Å². The minimum Gasteiger partial charge on any atom is -0.478 e. The molecule has 1 heterocycles. The predicted octanol–water partition coefficient (Wildman–Crippen LogP) is 3.53. The molecule has 1 amide bonds. The number of carboxylic acid groups (broad SMARTS) is 1. The summed E-state index contributed by atoms with van der Waals surface area (Å²) in [6, 6.07) is 7.13. The van der Waals surface area contributed by atoms with Crippen molar-refractivity contribution < 1.29 is 14.7 Å². The van der Waals surface area contributed by atoms with E-state index in [1.165, 1.54) is 0 Å². The number of benzene rings is 1. The minimum atomic E-state index is -0.895. The highest BCUT2D eigenvalue weighted by molar-refractivity contribution is 5.87. The number of likely N-dealkylation sites (tertiary alicyclic amines) is 1. The molecule has 1 aromatic carbocycles. The van der Waals surface area contributed by atoms with Crippen molar-refractivity contribution in [3.63, 3.8) is 0 Å². The minimum absolute atomic E-state index is 0.263. The number of hydrogen-bond donors (Lipinski definition) is 1. The highest BCUT2D eigenvalue weighted by Gasteiger charge is 2.35. The van der Waals surface area contributed by atoms with Gasteiger partial charge >= 0.3 is 5.97 Å². The number of carbonyl (C=O) groups excluding carboxylic acids is 1. The Labute approximate surface area is 132 Å². The quantitative estimate of drug-likeness (QED) is 0.929. The number of carbonyl (C=O) groups is 2. The van der Waals surface area contributed by atoms with Crippen LogP contribution in [0.5, 0.6) is 0 Å². The molecular formula is C18H25NO3. The van der Waals surface area contributed by atoms with Gasteiger partial charge in [0, 0.05) is 24.9 Å². The van der Waals surface area contributed by atoms with E-state index in [-0.39, 0.29) is 11.8 Å². The largest absolute Gasteiger partial charge is 0.478 e. The van der Waals surface area contributed by atoms with Crippen molar-refractivity contribution in [1.82, 2.24) is 4.90 Å². The second-order valence-electron chi connectivity index (χ2n) is 5.83. The Morgan fingerprint density at radius 2 is 1.91 bits per heavy atom. The summed E-state index contributed by atoms with van der Waals surface area (Å²) < 4.78 is 0. The molecule has 1 aliphatic heterocycles. The van der Waals surface area contributed by atoms with Gasteiger partial charge < -0.3 is 10.0 Å². The van der Waals surface area contributed by atoms with E-state index in [0.29, 0.717) is 11.5 Å². The van der Waals surface area contributed by atoms with Crippen LogP contribution in [0.4, 0.5) is 0 Å². The Kier molecular flexibility index (Phi) is 5.58. The third kappa shape index (κ3) is 3.87. The van der Waals surface area contributed by atoms with Gasteiger partial charge in [-0.15, -0.1) is 0 Å². The van der Waals surface area contributed by atoms with Gasteiger partial charge in [0.1, 0.15) is 0 Å². The summed E-state index contributed by atoms with van der Waals surface area (Å²) in [4.78, 5) is 25.2. The second-order valence-corrected chi connectivity index (χ2v) is 5.83. The SMILES string of the molecule is CC.O=C(O)c1cccc(C2CCCN(C(=O)C3CC3)C2)c1. The maximum atomic E-state index is 12.1. The average Bonchev–Trinajstić information content (AvgIpc) is 3.41. The highest BCUT2D eigenvalue weighted by atomic mass is 16.4. The number of hydrogen-bond acceptors (Lipinski definition) is 2. The van der Waals surface area contributed by atoms with Crippen molar-refractivity contribution in [2.45, 2.75) is 45.4 Å². The molecule has 0 radical (unpaired) electrons. The molecule has 1 aromatic rings. The summed E-state index contributed by atoms with van der Waals surface area (Å²) >= 11 is 0. The fraction of sp³-hybridized carbons (Fsp3) is 0.556. The molecule has 120 valence electrons. The van der Waals surface area contributed by atoms with Crippen LogP contribution in [0, 0.1) is 5.92 Å². The Balaban J connectivity index is 0.000000847. The molecule has 2 aliphatic rings. The molecule has 1 saturated carbocycles. The zero-order valence-electron chi connectivity index (χ0n) is 13.4. The average molecular weight is 303 g/mol. The number of aromatic carboxylic acids is 1. The molecular weight excluding hydrogens is 278 g/mol. The van der Waals surface area contributed by atoms with E-state index in [0.717, 1.165) is 44.3 Å². The molecule has 1 saturated heterocycles. The van der Waals surface area contributed by atoms with Gasteiger partial charge in [-0.1, -0.05) is 26.0 Å². The molecule has 3 rings (SSSR count). The fourth-order valence-electron chi connectivity index (χ4n) is 2.96. The lowest BCUT2D eigenvalue weighted by Crippen LogP contribution is -2.39. The normalized spacial score (nSPS) is 20.8. The van der Waals surface area contributed by atoms with E-state index in [4.69, 9.17) is 5.11 Å². The molecule has 1 aliphatic carbocycles. The Hall–Kier alpha value is -1.84. The van der Waals surface area contributed by atoms with Crippen molar-refractivity contribution in [1.29, 1.82) is 0 Å². The highest BCUT2D eigenvalue weighted by Crippen LogP contribution is 2.34. The second kappa shape index (κ2) is 7.43. The summed E-state index contributed by atoms with van der Waals surface area (Å²) in [5.41, 5.74) is 1.37. The van der Waals surface area contributed by atoms with E-state index < -0.39 is 5.97 Å². The van der Waals surface area contributed by atoms with E-state index >= 15 is 0 Å². The first-order valence-corrected chi connectivity index (χ1v) is 8.27. The first-order valence-electron chi connectivity index (χ1n) is 8.27. The first kappa shape index (κ1) is 16.5. The number of carboxylic acids is 1. The van der Waals surface area contributed by atoms with Gasteiger partial charge in [0.2, 0.25) is 5.91 Å². The lowest BCUT2D eigenvalue weighted by Gasteiger charge is -2.33. The third-order valence-corrected chi connectivity index (χ3v) is 4.26. The van der Waals surface area contributed by atoms with Gasteiger partial charge in [0.25, 0.3) is 0 Å². The van der Waals surface area contributed by atoms with Gasteiger partial charge in [0.15, 0.2) is 0 Å². The van der Waals surface area contributed by atoms with Gasteiger partial charge in [-0.25, -0.2) is 4.79 Å². The molecule has 1 unspecified atom stereocenters. The summed E-state index contributed by atoms with van der Waals surface area (Å²) in [7, 11) is 0. The first-order chi connectivity index (χ1) is 10.6. The monoisotopic (exact) mass is 303 g/mol. The van der Waals surface area contributed by atoms with Crippen LogP contribution >= 0.6 is 0 Å². The van der Waals surface area contributed by atoms with Gasteiger partial charge in [0.05, 0.1) is 5.56 Å². The van der Waals surface area contributed by atoms with Crippen LogP contribution in [-0.2, 0) is 4.79 Å². The van der Waals surface area contributed by atoms with E-state index in [1.54, 1.807) is 18.2 Å². The van der Waals surface area contributed by atoms with E-state index in [1.807, 2.05) is 24.8 Å². The Morgan fingerprint density at radius 3 is 2.55 bits per heavy atom. The molecule has 1 atom stereocenters. The third-order valence-electron chi connectivity index (χ3n) is 4.26. The van der Waals surface area contributed by atoms with Crippen molar-refractivity contribution in [3.8, 4) is 0 Å². The molecule has 0 aromatic heterocycles. The van der Waals surface area contributed by atoms with Crippen LogP contribution in [-0.4, -0.2) is 35.0 Å². The molecule has 22 heavy (non-hydrogen) atoms. The predicted molar refractivity (Wildman–Crippen MR) is 86.0 cm³/mol. The molecule has 2 fully saturated rings. The molecule has 1 N–H and O–H groups in total. The molecule has 4 nitrogen and oxygen atoms in total.